The topological polar surface area (TPSA) is 3.24 Å². The van der Waals surface area contributed by atoms with E-state index < -0.39 is 0 Å². The highest BCUT2D eigenvalue weighted by atomic mass is 32.1. The summed E-state index contributed by atoms with van der Waals surface area (Å²) in [6.45, 7) is 23.9. The lowest BCUT2D eigenvalue weighted by Crippen LogP contribution is -2.26. The van der Waals surface area contributed by atoms with E-state index in [0.29, 0.717) is 12.1 Å². The number of rotatable bonds is 5. The fourth-order valence-corrected chi connectivity index (χ4v) is 1.54. The van der Waals surface area contributed by atoms with E-state index in [1.54, 1.807) is 0 Å². The molecular weight excluding hydrogens is 293 g/mol. The molecule has 0 spiro atoms. The summed E-state index contributed by atoms with van der Waals surface area (Å²) in [5.41, 5.74) is 0. The van der Waals surface area contributed by atoms with E-state index in [0.717, 1.165) is 17.6 Å². The second kappa shape index (κ2) is 23.0. The molecule has 0 heterocycles. The van der Waals surface area contributed by atoms with Crippen LogP contribution < -0.4 is 0 Å². The average molecular weight is 340 g/mol. The summed E-state index contributed by atoms with van der Waals surface area (Å²) in [7, 11) is 2.72. The molecule has 0 amide bonds. The third-order valence-electron chi connectivity index (χ3n) is 2.36. The molecule has 0 radical (unpaired) electrons. The second-order valence-corrected chi connectivity index (χ2v) is 7.43. The van der Waals surface area contributed by atoms with E-state index in [2.05, 4.69) is 89.0 Å². The molecule has 0 aromatic rings. The van der Waals surface area contributed by atoms with Crippen molar-refractivity contribution >= 4 is 22.0 Å². The lowest BCUT2D eigenvalue weighted by molar-refractivity contribution is 0.334. The molecule has 134 valence electrons. The van der Waals surface area contributed by atoms with Crippen LogP contribution in [0.25, 0.3) is 0 Å². The van der Waals surface area contributed by atoms with Crippen LogP contribution in [0.1, 0.15) is 89.0 Å². The zero-order valence-electron chi connectivity index (χ0n) is 16.9. The minimum Gasteiger partial charge on any atom is -0.282 e. The molecule has 0 aromatic carbocycles. The predicted molar refractivity (Wildman–Crippen MR) is 112 cm³/mol. The van der Waals surface area contributed by atoms with Crippen molar-refractivity contribution in [2.45, 2.75) is 101 Å². The Morgan fingerprint density at radius 3 is 1.05 bits per heavy atom. The smallest absolute Gasteiger partial charge is 0.00754 e. The molecule has 0 aliphatic rings. The van der Waals surface area contributed by atoms with Gasteiger partial charge in [-0.1, -0.05) is 57.9 Å². The first-order valence-electron chi connectivity index (χ1n) is 8.73. The quantitative estimate of drug-likeness (QED) is 0.419. The fourth-order valence-electron chi connectivity index (χ4n) is 1.54. The van der Waals surface area contributed by atoms with Crippen LogP contribution in [-0.2, 0) is 0 Å². The Bertz CT molecular complexity index is 143. The molecule has 0 aliphatic heterocycles. The predicted octanol–water partition coefficient (Wildman–Crippen LogP) is 6.94. The lowest BCUT2D eigenvalue weighted by Gasteiger charge is -2.24. The van der Waals surface area contributed by atoms with Gasteiger partial charge in [0.1, 0.15) is 0 Å². The van der Waals surface area contributed by atoms with Gasteiger partial charge in [0.05, 0.1) is 0 Å². The highest BCUT2D eigenvalue weighted by Gasteiger charge is 2.05. The molecule has 1 atom stereocenters. The first-order chi connectivity index (χ1) is 9.59. The average Bonchev–Trinajstić information content (AvgIpc) is 2.39. The summed E-state index contributed by atoms with van der Waals surface area (Å²) in [4.78, 5) is 0. The van der Waals surface area contributed by atoms with Gasteiger partial charge in [0.15, 0.2) is 0 Å². The molecule has 3 heteroatoms. The summed E-state index contributed by atoms with van der Waals surface area (Å²) >= 11 is 3.92. The molecular formula is C18H46NPS. The van der Waals surface area contributed by atoms with Crippen LogP contribution in [0.4, 0.5) is 0 Å². The van der Waals surface area contributed by atoms with E-state index in [9.17, 15) is 0 Å². The Kier molecular flexibility index (Phi) is 32.6. The first kappa shape index (κ1) is 29.7. The van der Waals surface area contributed by atoms with Gasteiger partial charge < -0.3 is 0 Å². The third-order valence-corrected chi connectivity index (χ3v) is 4.00. The second-order valence-electron chi connectivity index (χ2n) is 6.38. The van der Waals surface area contributed by atoms with Crippen molar-refractivity contribution in [1.29, 1.82) is 0 Å². The van der Waals surface area contributed by atoms with Crippen LogP contribution in [0.3, 0.4) is 0 Å². The van der Waals surface area contributed by atoms with Gasteiger partial charge in [-0.15, -0.1) is 0 Å². The van der Waals surface area contributed by atoms with E-state index in [4.69, 9.17) is 0 Å². The molecule has 0 bridgehead atoms. The number of hydrogen-bond acceptors (Lipinski definition) is 2. The summed E-state index contributed by atoms with van der Waals surface area (Å²) in [6.07, 6.45) is 2.54. The van der Waals surface area contributed by atoms with Crippen molar-refractivity contribution in [1.82, 2.24) is 4.67 Å². The standard InChI is InChI=1S/C7H16.C6H16NP.C3H8S.C2H6/c1-6(2)5-7(3)4;1-5(2)7(8)6(3)4;1-2-3-4;1-2/h6-7H,5H2,1-4H3;5-6H,8H2,1-4H3;4H,2-3H2,1H3;1-2H3. The van der Waals surface area contributed by atoms with Gasteiger partial charge in [-0.2, -0.15) is 12.6 Å². The zero-order valence-corrected chi connectivity index (χ0v) is 19.0. The molecule has 0 fully saturated rings. The van der Waals surface area contributed by atoms with Crippen molar-refractivity contribution < 1.29 is 0 Å². The highest BCUT2D eigenvalue weighted by molar-refractivity contribution is 7.80. The van der Waals surface area contributed by atoms with Crippen molar-refractivity contribution in [2.24, 2.45) is 11.8 Å². The monoisotopic (exact) mass is 339 g/mol. The van der Waals surface area contributed by atoms with Crippen molar-refractivity contribution in [2.75, 3.05) is 5.75 Å². The van der Waals surface area contributed by atoms with E-state index in [1.165, 1.54) is 12.8 Å². The molecule has 0 saturated carbocycles. The van der Waals surface area contributed by atoms with Gasteiger partial charge in [-0.05, 0) is 58.1 Å². The first-order valence-corrected chi connectivity index (χ1v) is 9.88. The number of thiol groups is 1. The van der Waals surface area contributed by atoms with Crippen LogP contribution >= 0.6 is 22.0 Å². The minimum atomic E-state index is 0.639. The molecule has 1 nitrogen and oxygen atoms in total. The van der Waals surface area contributed by atoms with Crippen molar-refractivity contribution in [3.05, 3.63) is 0 Å². The maximum absolute atomic E-state index is 3.92. The van der Waals surface area contributed by atoms with Crippen molar-refractivity contribution in [3.8, 4) is 0 Å². The Labute approximate surface area is 145 Å². The Balaban J connectivity index is -0.000000102. The fraction of sp³-hybridized carbons (Fsp3) is 1.00. The lowest BCUT2D eigenvalue weighted by atomic mass is 10.0. The number of hydrogen-bond donors (Lipinski definition) is 1. The van der Waals surface area contributed by atoms with Crippen LogP contribution in [0.5, 0.6) is 0 Å². The van der Waals surface area contributed by atoms with Gasteiger partial charge in [-0.3, -0.25) is 4.67 Å². The van der Waals surface area contributed by atoms with Crippen molar-refractivity contribution in [3.63, 3.8) is 0 Å². The van der Waals surface area contributed by atoms with Crippen LogP contribution in [0, 0.1) is 11.8 Å². The third kappa shape index (κ3) is 38.6. The summed E-state index contributed by atoms with van der Waals surface area (Å²) in [6, 6.07) is 1.28. The summed E-state index contributed by atoms with van der Waals surface area (Å²) in [5.74, 6) is 2.76. The molecule has 1 unspecified atom stereocenters. The van der Waals surface area contributed by atoms with Gasteiger partial charge in [0.2, 0.25) is 0 Å². The Morgan fingerprint density at radius 1 is 0.810 bits per heavy atom. The van der Waals surface area contributed by atoms with Crippen LogP contribution in [-0.4, -0.2) is 22.5 Å². The molecule has 0 rings (SSSR count). The SMILES string of the molecule is CC.CC(C)CC(C)C.CC(C)N(P)C(C)C.CCCS. The maximum Gasteiger partial charge on any atom is 0.00754 e. The Morgan fingerprint density at radius 2 is 1.05 bits per heavy atom. The molecule has 0 N–H and O–H groups in total. The number of nitrogens with zero attached hydrogens (tertiary/aromatic N) is 1. The maximum atomic E-state index is 3.92. The van der Waals surface area contributed by atoms with Gasteiger partial charge in [0, 0.05) is 12.1 Å². The Hall–Kier alpha value is 0.740. The normalized spacial score (nSPS) is 10.0. The molecule has 0 saturated heterocycles. The summed E-state index contributed by atoms with van der Waals surface area (Å²) in [5, 5.41) is 0. The molecule has 0 aromatic heterocycles. The minimum absolute atomic E-state index is 0.639. The van der Waals surface area contributed by atoms with Crippen LogP contribution in [0.2, 0.25) is 0 Å². The van der Waals surface area contributed by atoms with Gasteiger partial charge in [0.25, 0.3) is 0 Å². The summed E-state index contributed by atoms with van der Waals surface area (Å²) < 4.78 is 2.25. The largest absolute Gasteiger partial charge is 0.282 e. The zero-order chi connectivity index (χ0) is 18.0. The van der Waals surface area contributed by atoms with E-state index in [1.807, 2.05) is 13.8 Å². The van der Waals surface area contributed by atoms with Gasteiger partial charge in [-0.25, -0.2) is 0 Å². The van der Waals surface area contributed by atoms with Crippen LogP contribution in [0.15, 0.2) is 0 Å². The molecule has 21 heavy (non-hydrogen) atoms. The molecule has 0 aliphatic carbocycles. The van der Waals surface area contributed by atoms with E-state index in [-0.39, 0.29) is 0 Å². The van der Waals surface area contributed by atoms with Gasteiger partial charge >= 0.3 is 0 Å². The van der Waals surface area contributed by atoms with E-state index >= 15 is 0 Å². The highest BCUT2D eigenvalue weighted by Crippen LogP contribution is 2.09.